The highest BCUT2D eigenvalue weighted by molar-refractivity contribution is 5.92. The summed E-state index contributed by atoms with van der Waals surface area (Å²) in [6, 6.07) is 0. The fraction of sp³-hybridized carbons (Fsp3) is 0.850. The largest absolute Gasteiger partial charge is 1.00 e. The molecule has 0 spiro atoms. The summed E-state index contributed by atoms with van der Waals surface area (Å²) in [5.41, 5.74) is -0.718. The third-order valence-corrected chi connectivity index (χ3v) is 5.41. The minimum absolute atomic E-state index is 0. The normalized spacial score (nSPS) is 22.7. The van der Waals surface area contributed by atoms with E-state index >= 15 is 0 Å². The molecule has 1 unspecified atom stereocenters. The first-order valence-corrected chi connectivity index (χ1v) is 9.95. The molecule has 2 heterocycles. The SMILES string of the molecule is CCCCCCCCCCCCC1(O)C=CC2=[N+](C)CCCN21.[I-]. The van der Waals surface area contributed by atoms with Gasteiger partial charge in [-0.15, -0.1) is 0 Å². The van der Waals surface area contributed by atoms with Gasteiger partial charge in [-0.25, -0.2) is 4.90 Å². The highest BCUT2D eigenvalue weighted by Crippen LogP contribution is 2.29. The van der Waals surface area contributed by atoms with Crippen LogP contribution in [0.25, 0.3) is 0 Å². The first-order valence-electron chi connectivity index (χ1n) is 9.95. The Morgan fingerprint density at radius 1 is 1.04 bits per heavy atom. The molecule has 0 saturated carbocycles. The van der Waals surface area contributed by atoms with Crippen LogP contribution in [0, 0.1) is 0 Å². The van der Waals surface area contributed by atoms with Gasteiger partial charge in [0.2, 0.25) is 5.72 Å². The fourth-order valence-corrected chi connectivity index (χ4v) is 3.90. The zero-order valence-corrected chi connectivity index (χ0v) is 17.9. The molecule has 0 aromatic heterocycles. The lowest BCUT2D eigenvalue weighted by atomic mass is 10.0. The Morgan fingerprint density at radius 3 is 2.25 bits per heavy atom. The van der Waals surface area contributed by atoms with E-state index < -0.39 is 5.72 Å². The van der Waals surface area contributed by atoms with Crippen LogP contribution in [0.5, 0.6) is 0 Å². The molecule has 0 saturated heterocycles. The third kappa shape index (κ3) is 6.32. The van der Waals surface area contributed by atoms with Gasteiger partial charge in [0.05, 0.1) is 20.1 Å². The number of hydrogen-bond donors (Lipinski definition) is 1. The Labute approximate surface area is 166 Å². The summed E-state index contributed by atoms with van der Waals surface area (Å²) < 4.78 is 2.26. The van der Waals surface area contributed by atoms with Crippen LogP contribution < -0.4 is 24.0 Å². The van der Waals surface area contributed by atoms with E-state index in [4.69, 9.17) is 0 Å². The van der Waals surface area contributed by atoms with E-state index in [-0.39, 0.29) is 24.0 Å². The van der Waals surface area contributed by atoms with Crippen molar-refractivity contribution < 1.29 is 33.7 Å². The molecule has 2 aliphatic heterocycles. The van der Waals surface area contributed by atoms with Crippen molar-refractivity contribution in [3.8, 4) is 0 Å². The maximum atomic E-state index is 10.9. The van der Waals surface area contributed by atoms with Crippen molar-refractivity contribution in [3.05, 3.63) is 12.2 Å². The zero-order valence-electron chi connectivity index (χ0n) is 15.8. The van der Waals surface area contributed by atoms with Crippen LogP contribution in [0.4, 0.5) is 0 Å². The molecule has 0 aliphatic carbocycles. The van der Waals surface area contributed by atoms with E-state index in [9.17, 15) is 5.11 Å². The maximum absolute atomic E-state index is 10.9. The van der Waals surface area contributed by atoms with Crippen LogP contribution in [0.1, 0.15) is 84.0 Å². The van der Waals surface area contributed by atoms with Gasteiger partial charge in [0.1, 0.15) is 0 Å². The monoisotopic (exact) mass is 448 g/mol. The molecule has 1 atom stereocenters. The predicted octanol–water partition coefficient (Wildman–Crippen LogP) is 1.31. The van der Waals surface area contributed by atoms with Gasteiger partial charge < -0.3 is 29.1 Å². The lowest BCUT2D eigenvalue weighted by Crippen LogP contribution is -3.00. The molecule has 140 valence electrons. The number of hydrogen-bond acceptors (Lipinski definition) is 2. The highest BCUT2D eigenvalue weighted by Gasteiger charge is 2.45. The van der Waals surface area contributed by atoms with Gasteiger partial charge in [-0.2, -0.15) is 0 Å². The van der Waals surface area contributed by atoms with Crippen molar-refractivity contribution in [3.63, 3.8) is 0 Å². The van der Waals surface area contributed by atoms with Gasteiger partial charge in [0.25, 0.3) is 5.84 Å². The second-order valence-corrected chi connectivity index (χ2v) is 7.43. The van der Waals surface area contributed by atoms with E-state index in [0.717, 1.165) is 32.4 Å². The lowest BCUT2D eigenvalue weighted by molar-refractivity contribution is -0.509. The second kappa shape index (κ2) is 11.5. The van der Waals surface area contributed by atoms with Gasteiger partial charge >= 0.3 is 0 Å². The molecule has 0 aromatic rings. The summed E-state index contributed by atoms with van der Waals surface area (Å²) in [6.45, 7) is 4.36. The number of halogens is 1. The van der Waals surface area contributed by atoms with Crippen LogP contribution in [0.3, 0.4) is 0 Å². The van der Waals surface area contributed by atoms with E-state index in [1.165, 1.54) is 63.6 Å². The van der Waals surface area contributed by atoms with Gasteiger partial charge in [-0.1, -0.05) is 64.7 Å². The summed E-state index contributed by atoms with van der Waals surface area (Å²) in [4.78, 5) is 2.20. The number of aliphatic hydroxyl groups is 1. The average Bonchev–Trinajstić information content (AvgIpc) is 2.88. The van der Waals surface area contributed by atoms with Gasteiger partial charge in [0.15, 0.2) is 0 Å². The van der Waals surface area contributed by atoms with Crippen LogP contribution in [0.15, 0.2) is 12.2 Å². The van der Waals surface area contributed by atoms with Crippen molar-refractivity contribution in [1.29, 1.82) is 0 Å². The summed E-state index contributed by atoms with van der Waals surface area (Å²) >= 11 is 0. The van der Waals surface area contributed by atoms with E-state index in [1.807, 2.05) is 6.08 Å². The Bertz CT molecular complexity index is 422. The molecule has 2 rings (SSSR count). The molecule has 4 heteroatoms. The molecule has 2 aliphatic rings. The van der Waals surface area contributed by atoms with Crippen molar-refractivity contribution in [1.82, 2.24) is 4.90 Å². The van der Waals surface area contributed by atoms with Gasteiger partial charge in [-0.05, 0) is 12.5 Å². The van der Waals surface area contributed by atoms with E-state index in [2.05, 4.69) is 29.5 Å². The van der Waals surface area contributed by atoms with Crippen LogP contribution in [0.2, 0.25) is 0 Å². The Kier molecular flexibility index (Phi) is 10.5. The van der Waals surface area contributed by atoms with Crippen LogP contribution >= 0.6 is 0 Å². The molecule has 1 N–H and O–H groups in total. The second-order valence-electron chi connectivity index (χ2n) is 7.43. The van der Waals surface area contributed by atoms with Crippen molar-refractivity contribution in [2.75, 3.05) is 20.1 Å². The first-order chi connectivity index (χ1) is 11.2. The molecule has 0 bridgehead atoms. The molecule has 0 radical (unpaired) electrons. The fourth-order valence-electron chi connectivity index (χ4n) is 3.90. The molecule has 0 fully saturated rings. The van der Waals surface area contributed by atoms with Crippen molar-refractivity contribution in [2.24, 2.45) is 0 Å². The number of fused-ring (bicyclic) bond motifs is 1. The first kappa shape index (κ1) is 21.9. The molecule has 24 heavy (non-hydrogen) atoms. The van der Waals surface area contributed by atoms with Crippen molar-refractivity contribution >= 4 is 5.84 Å². The zero-order chi connectivity index (χ0) is 16.5. The highest BCUT2D eigenvalue weighted by atomic mass is 127. The minimum Gasteiger partial charge on any atom is -1.00 e. The van der Waals surface area contributed by atoms with Crippen LogP contribution in [-0.4, -0.2) is 46.3 Å². The quantitative estimate of drug-likeness (QED) is 0.293. The Morgan fingerprint density at radius 2 is 1.62 bits per heavy atom. The smallest absolute Gasteiger partial charge is 0.274 e. The number of nitrogens with zero attached hydrogens (tertiary/aromatic N) is 2. The summed E-state index contributed by atoms with van der Waals surface area (Å²) in [7, 11) is 2.12. The van der Waals surface area contributed by atoms with Crippen LogP contribution in [-0.2, 0) is 0 Å². The summed E-state index contributed by atoms with van der Waals surface area (Å²) in [5, 5.41) is 10.9. The number of unbranched alkanes of at least 4 members (excludes halogenated alkanes) is 9. The standard InChI is InChI=1S/C20H37N2O.HI/c1-3-4-5-6-7-8-9-10-11-12-15-20(23)16-14-19-21(2)17-13-18-22(19)20;/h14,16,23H,3-13,15,17-18H2,1-2H3;1H/q+1;/p-1. The van der Waals surface area contributed by atoms with Gasteiger partial charge in [-0.3, -0.25) is 4.58 Å². The minimum atomic E-state index is -0.718. The molecular weight excluding hydrogens is 411 g/mol. The summed E-state index contributed by atoms with van der Waals surface area (Å²) in [6.07, 6.45) is 19.6. The van der Waals surface area contributed by atoms with E-state index in [0.29, 0.717) is 0 Å². The molecule has 0 aromatic carbocycles. The predicted molar refractivity (Wildman–Crippen MR) is 97.9 cm³/mol. The molecular formula is C20H37IN2O. The Balaban J connectivity index is 0.00000288. The average molecular weight is 448 g/mol. The topological polar surface area (TPSA) is 26.5 Å². The van der Waals surface area contributed by atoms with E-state index in [1.54, 1.807) is 0 Å². The third-order valence-electron chi connectivity index (χ3n) is 5.41. The van der Waals surface area contributed by atoms with Gasteiger partial charge in [0, 0.05) is 18.9 Å². The lowest BCUT2D eigenvalue weighted by Gasteiger charge is -2.31. The maximum Gasteiger partial charge on any atom is 0.274 e. The van der Waals surface area contributed by atoms with Crippen molar-refractivity contribution in [2.45, 2.75) is 89.7 Å². The molecule has 3 nitrogen and oxygen atoms in total. The molecule has 0 amide bonds. The number of rotatable bonds is 11. The number of amidine groups is 1. The summed E-state index contributed by atoms with van der Waals surface area (Å²) in [5.74, 6) is 1.20. The Hall–Kier alpha value is -0.100.